The fourth-order valence-electron chi connectivity index (χ4n) is 3.05. The molecule has 3 aromatic rings. The van der Waals surface area contributed by atoms with E-state index in [1.54, 1.807) is 18.2 Å². The van der Waals surface area contributed by atoms with Crippen molar-refractivity contribution < 1.29 is 4.92 Å². The highest BCUT2D eigenvalue weighted by Gasteiger charge is 2.16. The second kappa shape index (κ2) is 7.93. The van der Waals surface area contributed by atoms with E-state index in [1.807, 2.05) is 44.2 Å². The van der Waals surface area contributed by atoms with Crippen LogP contribution in [0.1, 0.15) is 16.7 Å². The summed E-state index contributed by atoms with van der Waals surface area (Å²) < 4.78 is 1.74. The van der Waals surface area contributed by atoms with Gasteiger partial charge in [0.1, 0.15) is 16.8 Å². The molecule has 1 aromatic heterocycles. The van der Waals surface area contributed by atoms with Crippen LogP contribution in [0.3, 0.4) is 0 Å². The first-order valence-electron chi connectivity index (χ1n) is 8.47. The largest absolute Gasteiger partial charge is 0.276 e. The van der Waals surface area contributed by atoms with Gasteiger partial charge in [-0.3, -0.25) is 19.5 Å². The van der Waals surface area contributed by atoms with Crippen LogP contribution in [-0.2, 0) is 0 Å². The van der Waals surface area contributed by atoms with E-state index in [2.05, 4.69) is 0 Å². The zero-order chi connectivity index (χ0) is 21.1. The lowest BCUT2D eigenvalue weighted by atomic mass is 10.1. The number of para-hydroxylation sites is 2. The van der Waals surface area contributed by atoms with Crippen LogP contribution in [-0.4, -0.2) is 9.49 Å². The van der Waals surface area contributed by atoms with Crippen molar-refractivity contribution in [2.45, 2.75) is 13.8 Å². The Morgan fingerprint density at radius 3 is 2.31 bits per heavy atom. The summed E-state index contributed by atoms with van der Waals surface area (Å²) in [4.78, 5) is 24.0. The van der Waals surface area contributed by atoms with Gasteiger partial charge >= 0.3 is 0 Å². The highest BCUT2D eigenvalue weighted by atomic mass is 32.1. The standard InChI is InChI=1S/C21H14N4O3S/c1-13-6-5-7-14(2)19(13)24-20(26)18(29-21(24)16(11-22)12-23)10-15-8-3-4-9-17(15)25(27)28/h3-10H,1-2H3/b18-10+. The molecule has 29 heavy (non-hydrogen) atoms. The Kier molecular flexibility index (Phi) is 5.40. The zero-order valence-electron chi connectivity index (χ0n) is 15.5. The van der Waals surface area contributed by atoms with E-state index in [1.165, 1.54) is 16.7 Å². The number of nitro groups is 1. The molecule has 142 valence electrons. The van der Waals surface area contributed by atoms with Crippen LogP contribution in [0.25, 0.3) is 17.3 Å². The number of nitro benzene ring substituents is 1. The topological polar surface area (TPSA) is 113 Å². The van der Waals surface area contributed by atoms with Crippen molar-refractivity contribution in [1.82, 2.24) is 4.57 Å². The molecule has 7 nitrogen and oxygen atoms in total. The lowest BCUT2D eigenvalue weighted by Crippen LogP contribution is -2.31. The van der Waals surface area contributed by atoms with Gasteiger partial charge in [-0.15, -0.1) is 11.3 Å². The summed E-state index contributed by atoms with van der Waals surface area (Å²) in [7, 11) is 0. The number of aromatic nitrogens is 1. The summed E-state index contributed by atoms with van der Waals surface area (Å²) in [5, 5.41) is 30.1. The molecule has 0 unspecified atom stereocenters. The number of hydrogen-bond acceptors (Lipinski definition) is 6. The summed E-state index contributed by atoms with van der Waals surface area (Å²) >= 11 is 0.961. The second-order valence-corrected chi connectivity index (χ2v) is 7.24. The number of hydrogen-bond donors (Lipinski definition) is 0. The minimum absolute atomic E-state index is 0.134. The van der Waals surface area contributed by atoms with Gasteiger partial charge in [-0.1, -0.05) is 30.3 Å². The number of nitrogens with zero attached hydrogens (tertiary/aromatic N) is 4. The van der Waals surface area contributed by atoms with Gasteiger partial charge in [0.25, 0.3) is 11.2 Å². The molecule has 0 atom stereocenters. The van der Waals surface area contributed by atoms with Gasteiger partial charge in [0.05, 0.1) is 20.7 Å². The van der Waals surface area contributed by atoms with E-state index < -0.39 is 10.5 Å². The van der Waals surface area contributed by atoms with Crippen molar-refractivity contribution in [2.75, 3.05) is 0 Å². The molecule has 0 bridgehead atoms. The van der Waals surface area contributed by atoms with E-state index in [9.17, 15) is 25.4 Å². The van der Waals surface area contributed by atoms with Crippen LogP contribution >= 0.6 is 11.3 Å². The number of benzene rings is 2. The average molecular weight is 402 g/mol. The van der Waals surface area contributed by atoms with Crippen LogP contribution in [0, 0.1) is 46.6 Å². The Bertz CT molecular complexity index is 1370. The Morgan fingerprint density at radius 1 is 1.10 bits per heavy atom. The normalized spacial score (nSPS) is 11.0. The van der Waals surface area contributed by atoms with Crippen molar-refractivity contribution >= 4 is 28.7 Å². The summed E-state index contributed by atoms with van der Waals surface area (Å²) in [5.74, 6) is 0. The first kappa shape index (κ1) is 19.7. The van der Waals surface area contributed by atoms with Crippen LogP contribution < -0.4 is 14.8 Å². The fourth-order valence-corrected chi connectivity index (χ4v) is 4.08. The van der Waals surface area contributed by atoms with E-state index >= 15 is 0 Å². The lowest BCUT2D eigenvalue weighted by Gasteiger charge is -2.10. The molecule has 0 fully saturated rings. The van der Waals surface area contributed by atoms with Crippen LogP contribution in [0.5, 0.6) is 0 Å². The highest BCUT2D eigenvalue weighted by molar-refractivity contribution is 7.07. The summed E-state index contributed by atoms with van der Waals surface area (Å²) in [6.07, 6.45) is 1.42. The zero-order valence-corrected chi connectivity index (χ0v) is 16.4. The monoisotopic (exact) mass is 402 g/mol. The van der Waals surface area contributed by atoms with Gasteiger partial charge in [0.15, 0.2) is 5.57 Å². The lowest BCUT2D eigenvalue weighted by molar-refractivity contribution is -0.385. The Labute approximate surface area is 169 Å². The SMILES string of the molecule is Cc1cccc(C)c1-n1c(=C(C#N)C#N)s/c(=C/c2ccccc2[N+](=O)[O-])c1=O. The van der Waals surface area contributed by atoms with E-state index in [4.69, 9.17) is 0 Å². The van der Waals surface area contributed by atoms with Gasteiger partial charge in [0.2, 0.25) is 0 Å². The third-order valence-corrected chi connectivity index (χ3v) is 5.44. The van der Waals surface area contributed by atoms with Gasteiger partial charge in [-0.25, -0.2) is 0 Å². The average Bonchev–Trinajstić information content (AvgIpc) is 2.99. The molecule has 0 saturated heterocycles. The molecule has 1 heterocycles. The molecular formula is C21H14N4O3S. The third kappa shape index (κ3) is 3.57. The molecule has 0 radical (unpaired) electrons. The van der Waals surface area contributed by atoms with Crippen molar-refractivity contribution in [2.24, 2.45) is 0 Å². The first-order valence-corrected chi connectivity index (χ1v) is 9.28. The highest BCUT2D eigenvalue weighted by Crippen LogP contribution is 2.19. The second-order valence-electron chi connectivity index (χ2n) is 6.21. The minimum Gasteiger partial charge on any atom is -0.267 e. The van der Waals surface area contributed by atoms with Gasteiger partial charge in [-0.05, 0) is 37.1 Å². The quantitative estimate of drug-likeness (QED) is 0.493. The van der Waals surface area contributed by atoms with Gasteiger partial charge in [-0.2, -0.15) is 10.5 Å². The van der Waals surface area contributed by atoms with Crippen LogP contribution in [0.2, 0.25) is 0 Å². The fraction of sp³-hybridized carbons (Fsp3) is 0.0952. The minimum atomic E-state index is -0.521. The molecule has 2 aromatic carbocycles. The predicted molar refractivity (Wildman–Crippen MR) is 110 cm³/mol. The van der Waals surface area contributed by atoms with Crippen LogP contribution in [0.15, 0.2) is 47.3 Å². The molecule has 0 amide bonds. The Balaban J connectivity index is 2.49. The molecular weight excluding hydrogens is 388 g/mol. The maximum Gasteiger partial charge on any atom is 0.276 e. The van der Waals surface area contributed by atoms with Gasteiger partial charge < -0.3 is 0 Å². The van der Waals surface area contributed by atoms with Crippen molar-refractivity contribution in [3.63, 3.8) is 0 Å². The van der Waals surface area contributed by atoms with Crippen molar-refractivity contribution in [3.05, 3.63) is 88.8 Å². The third-order valence-electron chi connectivity index (χ3n) is 4.34. The Hall–Kier alpha value is -4.01. The molecule has 0 aliphatic heterocycles. The number of aryl methyl sites for hydroxylation is 2. The van der Waals surface area contributed by atoms with E-state index in [0.717, 1.165) is 22.5 Å². The van der Waals surface area contributed by atoms with Crippen LogP contribution in [0.4, 0.5) is 5.69 Å². The first-order chi connectivity index (χ1) is 13.9. The summed E-state index contributed by atoms with van der Waals surface area (Å²) in [5.41, 5.74) is 1.70. The maximum absolute atomic E-state index is 13.3. The predicted octanol–water partition coefficient (Wildman–Crippen LogP) is 2.45. The molecule has 0 aliphatic rings. The van der Waals surface area contributed by atoms with Crippen molar-refractivity contribution in [1.29, 1.82) is 10.5 Å². The molecule has 0 spiro atoms. The number of nitriles is 2. The molecule has 0 saturated carbocycles. The molecule has 8 heteroatoms. The maximum atomic E-state index is 13.3. The van der Waals surface area contributed by atoms with Gasteiger partial charge in [0, 0.05) is 6.07 Å². The number of rotatable bonds is 3. The molecule has 0 aliphatic carbocycles. The summed E-state index contributed by atoms with van der Waals surface area (Å²) in [6, 6.07) is 15.3. The van der Waals surface area contributed by atoms with Crippen molar-refractivity contribution in [3.8, 4) is 17.8 Å². The smallest absolute Gasteiger partial charge is 0.267 e. The number of thiazole rings is 1. The summed E-state index contributed by atoms with van der Waals surface area (Å²) in [6.45, 7) is 3.67. The Morgan fingerprint density at radius 2 is 1.72 bits per heavy atom. The molecule has 0 N–H and O–H groups in total. The van der Waals surface area contributed by atoms with E-state index in [0.29, 0.717) is 5.69 Å². The van der Waals surface area contributed by atoms with E-state index in [-0.39, 0.29) is 26.0 Å². The molecule has 3 rings (SSSR count).